The molecule has 2 aliphatic carbocycles. The number of rotatable bonds is 7. The van der Waals surface area contributed by atoms with E-state index in [9.17, 15) is 9.59 Å². The van der Waals surface area contributed by atoms with E-state index >= 15 is 0 Å². The average Bonchev–Trinajstić information content (AvgIpc) is 3.28. The minimum absolute atomic E-state index is 0.0967. The van der Waals surface area contributed by atoms with Crippen LogP contribution in [-0.4, -0.2) is 30.5 Å². The molecule has 130 valence electrons. The summed E-state index contributed by atoms with van der Waals surface area (Å²) in [4.78, 5) is 25.1. The van der Waals surface area contributed by atoms with Crippen molar-refractivity contribution in [2.75, 3.05) is 6.61 Å². The van der Waals surface area contributed by atoms with Crippen molar-refractivity contribution in [1.82, 2.24) is 10.6 Å². The van der Waals surface area contributed by atoms with E-state index in [4.69, 9.17) is 4.74 Å². The van der Waals surface area contributed by atoms with E-state index in [2.05, 4.69) is 10.6 Å². The first-order valence-electron chi connectivity index (χ1n) is 8.81. The zero-order valence-corrected chi connectivity index (χ0v) is 14.4. The Hall–Kier alpha value is -2.04. The zero-order chi connectivity index (χ0) is 17.2. The maximum Gasteiger partial charge on any atom is 0.236 e. The lowest BCUT2D eigenvalue weighted by Crippen LogP contribution is -2.57. The molecular formula is C19H26N2O3. The third-order valence-corrected chi connectivity index (χ3v) is 4.86. The summed E-state index contributed by atoms with van der Waals surface area (Å²) in [6.45, 7) is 4.30. The predicted octanol–water partition coefficient (Wildman–Crippen LogP) is 2.33. The monoisotopic (exact) mass is 330 g/mol. The molecule has 1 aromatic carbocycles. The Morgan fingerprint density at radius 3 is 2.62 bits per heavy atom. The van der Waals surface area contributed by atoms with Gasteiger partial charge in [-0.2, -0.15) is 0 Å². The second-order valence-corrected chi connectivity index (χ2v) is 7.19. The van der Waals surface area contributed by atoms with Crippen LogP contribution in [0.5, 0.6) is 5.75 Å². The van der Waals surface area contributed by atoms with Gasteiger partial charge >= 0.3 is 0 Å². The minimum atomic E-state index is -0.861. The summed E-state index contributed by atoms with van der Waals surface area (Å²) >= 11 is 0. The number of nitrogens with one attached hydrogen (secondary N) is 2. The second kappa shape index (κ2) is 6.83. The number of aryl methyl sites for hydroxylation is 1. The van der Waals surface area contributed by atoms with Gasteiger partial charge in [0.05, 0.1) is 6.04 Å². The molecule has 0 aliphatic heterocycles. The number of ether oxygens (including phenoxy) is 1. The fourth-order valence-corrected chi connectivity index (χ4v) is 2.97. The van der Waals surface area contributed by atoms with Gasteiger partial charge in [0.25, 0.3) is 0 Å². The van der Waals surface area contributed by atoms with E-state index in [1.54, 1.807) is 0 Å². The van der Waals surface area contributed by atoms with Gasteiger partial charge in [0, 0.05) is 6.04 Å². The molecule has 5 nitrogen and oxygen atoms in total. The summed E-state index contributed by atoms with van der Waals surface area (Å²) in [7, 11) is 0. The molecular weight excluding hydrogens is 304 g/mol. The highest BCUT2D eigenvalue weighted by atomic mass is 16.5. The molecule has 0 heterocycles. The Bertz CT molecular complexity index is 621. The van der Waals surface area contributed by atoms with E-state index in [1.165, 1.54) is 0 Å². The summed E-state index contributed by atoms with van der Waals surface area (Å²) < 4.78 is 5.73. The van der Waals surface area contributed by atoms with Crippen LogP contribution in [0.15, 0.2) is 24.3 Å². The summed E-state index contributed by atoms with van der Waals surface area (Å²) in [6, 6.07) is 7.95. The lowest BCUT2D eigenvalue weighted by molar-refractivity contribution is -0.150. The van der Waals surface area contributed by atoms with Crippen LogP contribution in [0.2, 0.25) is 0 Å². The number of carbonyl (C=O) groups excluding carboxylic acids is 2. The predicted molar refractivity (Wildman–Crippen MR) is 91.7 cm³/mol. The minimum Gasteiger partial charge on any atom is -0.491 e. The lowest BCUT2D eigenvalue weighted by Gasteiger charge is -2.39. The fraction of sp³-hybridized carbons (Fsp3) is 0.579. The van der Waals surface area contributed by atoms with E-state index in [0.717, 1.165) is 30.6 Å². The van der Waals surface area contributed by atoms with Crippen molar-refractivity contribution in [2.45, 2.75) is 58.0 Å². The van der Waals surface area contributed by atoms with E-state index in [-0.39, 0.29) is 23.9 Å². The Kier molecular flexibility index (Phi) is 4.78. The molecule has 2 fully saturated rings. The van der Waals surface area contributed by atoms with Gasteiger partial charge in [-0.05, 0) is 57.2 Å². The highest BCUT2D eigenvalue weighted by Gasteiger charge is 2.51. The third-order valence-electron chi connectivity index (χ3n) is 4.86. The first-order valence-corrected chi connectivity index (χ1v) is 8.81. The molecule has 24 heavy (non-hydrogen) atoms. The van der Waals surface area contributed by atoms with Gasteiger partial charge in [-0.1, -0.05) is 18.6 Å². The molecule has 2 aliphatic rings. The second-order valence-electron chi connectivity index (χ2n) is 7.19. The fourth-order valence-electron chi connectivity index (χ4n) is 2.97. The van der Waals surface area contributed by atoms with Crippen molar-refractivity contribution in [3.63, 3.8) is 0 Å². The Labute approximate surface area is 143 Å². The van der Waals surface area contributed by atoms with E-state index < -0.39 is 5.41 Å². The van der Waals surface area contributed by atoms with Crippen molar-refractivity contribution in [3.8, 4) is 5.75 Å². The average molecular weight is 330 g/mol. The van der Waals surface area contributed by atoms with E-state index in [0.29, 0.717) is 19.4 Å². The summed E-state index contributed by atoms with van der Waals surface area (Å²) in [5, 5.41) is 5.94. The number of amides is 2. The Balaban J connectivity index is 1.51. The molecule has 5 heteroatoms. The van der Waals surface area contributed by atoms with Crippen LogP contribution < -0.4 is 15.4 Å². The molecule has 0 spiro atoms. The lowest BCUT2D eigenvalue weighted by atomic mass is 9.67. The van der Waals surface area contributed by atoms with Gasteiger partial charge in [0.15, 0.2) is 0 Å². The van der Waals surface area contributed by atoms with Crippen molar-refractivity contribution in [2.24, 2.45) is 5.41 Å². The van der Waals surface area contributed by atoms with Gasteiger partial charge < -0.3 is 15.4 Å². The van der Waals surface area contributed by atoms with Crippen molar-refractivity contribution in [1.29, 1.82) is 0 Å². The molecule has 0 aromatic heterocycles. The normalized spacial score (nSPS) is 19.8. The van der Waals surface area contributed by atoms with Crippen LogP contribution in [0.1, 0.15) is 44.6 Å². The zero-order valence-electron chi connectivity index (χ0n) is 14.4. The van der Waals surface area contributed by atoms with Crippen LogP contribution in [0.4, 0.5) is 0 Å². The van der Waals surface area contributed by atoms with Crippen LogP contribution in [0.25, 0.3) is 0 Å². The van der Waals surface area contributed by atoms with E-state index in [1.807, 2.05) is 38.1 Å². The summed E-state index contributed by atoms with van der Waals surface area (Å²) in [5.74, 6) is 0.536. The number of hydrogen-bond acceptors (Lipinski definition) is 3. The molecule has 0 saturated heterocycles. The van der Waals surface area contributed by atoms with Gasteiger partial charge in [0.1, 0.15) is 17.8 Å². The molecule has 3 rings (SSSR count). The highest BCUT2D eigenvalue weighted by Crippen LogP contribution is 2.42. The largest absolute Gasteiger partial charge is 0.491 e. The van der Waals surface area contributed by atoms with Gasteiger partial charge in [-0.15, -0.1) is 0 Å². The summed E-state index contributed by atoms with van der Waals surface area (Å²) in [5.41, 5.74) is 0.273. The SMILES string of the molecule is Cc1cccc(OC[C@H](C)NC(=O)C2(C(=O)NC3CC3)CCC2)c1. The van der Waals surface area contributed by atoms with Crippen LogP contribution >= 0.6 is 0 Å². The van der Waals surface area contributed by atoms with Gasteiger partial charge in [0.2, 0.25) is 11.8 Å². The van der Waals surface area contributed by atoms with Gasteiger partial charge in [-0.3, -0.25) is 9.59 Å². The molecule has 1 atom stereocenters. The number of benzene rings is 1. The molecule has 0 radical (unpaired) electrons. The standard InChI is InChI=1S/C19H26N2O3/c1-13-5-3-6-16(11-13)24-12-14(2)20-17(22)19(9-4-10-19)18(23)21-15-7-8-15/h3,5-6,11,14-15H,4,7-10,12H2,1-2H3,(H,20,22)(H,21,23)/t14-/m0/s1. The van der Waals surface area contributed by atoms with Gasteiger partial charge in [-0.25, -0.2) is 0 Å². The van der Waals surface area contributed by atoms with Crippen molar-refractivity contribution < 1.29 is 14.3 Å². The quantitative estimate of drug-likeness (QED) is 0.754. The summed E-state index contributed by atoms with van der Waals surface area (Å²) in [6.07, 6.45) is 4.28. The van der Waals surface area contributed by atoms with Crippen LogP contribution in [-0.2, 0) is 9.59 Å². The van der Waals surface area contributed by atoms with Crippen molar-refractivity contribution in [3.05, 3.63) is 29.8 Å². The third kappa shape index (κ3) is 3.71. The number of carbonyl (C=O) groups is 2. The topological polar surface area (TPSA) is 67.4 Å². The first kappa shape index (κ1) is 16.8. The molecule has 2 saturated carbocycles. The molecule has 2 N–H and O–H groups in total. The number of hydrogen-bond donors (Lipinski definition) is 2. The van der Waals surface area contributed by atoms with Crippen molar-refractivity contribution >= 4 is 11.8 Å². The molecule has 2 amide bonds. The Morgan fingerprint density at radius 1 is 1.29 bits per heavy atom. The maximum atomic E-state index is 12.6. The van der Waals surface area contributed by atoms with Crippen LogP contribution in [0, 0.1) is 12.3 Å². The Morgan fingerprint density at radius 2 is 2.04 bits per heavy atom. The molecule has 0 unspecified atom stereocenters. The first-order chi connectivity index (χ1) is 11.5. The molecule has 0 bridgehead atoms. The smallest absolute Gasteiger partial charge is 0.236 e. The maximum absolute atomic E-state index is 12.6. The highest BCUT2D eigenvalue weighted by molar-refractivity contribution is 6.06. The molecule has 1 aromatic rings. The van der Waals surface area contributed by atoms with Crippen LogP contribution in [0.3, 0.4) is 0 Å².